The lowest BCUT2D eigenvalue weighted by molar-refractivity contribution is -0.200. The molecule has 0 bridgehead atoms. The van der Waals surface area contributed by atoms with E-state index in [-0.39, 0.29) is 37.6 Å². The van der Waals surface area contributed by atoms with Gasteiger partial charge in [-0.15, -0.1) is 11.3 Å². The van der Waals surface area contributed by atoms with Gasteiger partial charge in [0.25, 0.3) is 5.91 Å². The van der Waals surface area contributed by atoms with Crippen LogP contribution in [0.3, 0.4) is 0 Å². The number of amides is 2. The molecule has 2 amide bonds. The van der Waals surface area contributed by atoms with Crippen molar-refractivity contribution in [2.24, 2.45) is 0 Å². The van der Waals surface area contributed by atoms with Crippen molar-refractivity contribution in [3.05, 3.63) is 82.7 Å². The Kier molecular flexibility index (Phi) is 9.38. The number of ether oxygens (including phenoxy) is 1. The van der Waals surface area contributed by atoms with Gasteiger partial charge in [0, 0.05) is 41.4 Å². The molecule has 0 saturated carbocycles. The number of thiophene rings is 1. The summed E-state index contributed by atoms with van der Waals surface area (Å²) in [7, 11) is -3.91. The summed E-state index contributed by atoms with van der Waals surface area (Å²) in [6.45, 7) is 0.743. The van der Waals surface area contributed by atoms with Crippen molar-refractivity contribution in [1.82, 2.24) is 10.4 Å². The molecule has 3 heterocycles. The van der Waals surface area contributed by atoms with Gasteiger partial charge in [-0.2, -0.15) is 5.26 Å². The molecule has 220 valence electrons. The van der Waals surface area contributed by atoms with E-state index in [1.165, 1.54) is 11.3 Å². The maximum Gasteiger partial charge on any atom is 0.253 e. The first-order valence-electron chi connectivity index (χ1n) is 14.0. The van der Waals surface area contributed by atoms with Crippen LogP contribution in [0.25, 0.3) is 10.4 Å². The van der Waals surface area contributed by atoms with Crippen LogP contribution in [0.5, 0.6) is 0 Å². The zero-order valence-electron chi connectivity index (χ0n) is 23.2. The van der Waals surface area contributed by atoms with E-state index in [0.29, 0.717) is 29.9 Å². The molecule has 2 unspecified atom stereocenters. The van der Waals surface area contributed by atoms with E-state index in [2.05, 4.69) is 11.5 Å². The number of benzene rings is 2. The topological polar surface area (TPSA) is 126 Å². The van der Waals surface area contributed by atoms with Crippen LogP contribution < -0.4 is 5.48 Å². The number of hydroxylamine groups is 1. The van der Waals surface area contributed by atoms with Crippen LogP contribution in [-0.4, -0.2) is 56.9 Å². The van der Waals surface area contributed by atoms with E-state index < -0.39 is 26.8 Å². The molecule has 1 N–H and O–H groups in total. The summed E-state index contributed by atoms with van der Waals surface area (Å²) in [5, 5.41) is 8.98. The van der Waals surface area contributed by atoms with Crippen LogP contribution in [0, 0.1) is 11.3 Å². The largest absolute Gasteiger partial charge is 0.350 e. The molecule has 9 nitrogen and oxygen atoms in total. The molecule has 3 aromatic rings. The fraction of sp³-hybridized carbons (Fsp3) is 0.387. The molecule has 0 aliphatic carbocycles. The van der Waals surface area contributed by atoms with Gasteiger partial charge in [0.1, 0.15) is 4.75 Å². The maximum absolute atomic E-state index is 14.1. The predicted molar refractivity (Wildman–Crippen MR) is 159 cm³/mol. The minimum atomic E-state index is -3.91. The highest BCUT2D eigenvalue weighted by molar-refractivity contribution is 7.92. The Bertz CT molecular complexity index is 1540. The Morgan fingerprint density at radius 2 is 1.86 bits per heavy atom. The van der Waals surface area contributed by atoms with Crippen molar-refractivity contribution < 1.29 is 27.6 Å². The highest BCUT2D eigenvalue weighted by Crippen LogP contribution is 2.45. The Morgan fingerprint density at radius 3 is 2.57 bits per heavy atom. The van der Waals surface area contributed by atoms with Gasteiger partial charge >= 0.3 is 0 Å². The van der Waals surface area contributed by atoms with Crippen LogP contribution in [0.1, 0.15) is 52.9 Å². The monoisotopic (exact) mass is 607 g/mol. The Hall–Kier alpha value is -3.56. The third-order valence-electron chi connectivity index (χ3n) is 7.78. The number of sulfone groups is 1. The molecule has 2 saturated heterocycles. The molecular weight excluding hydrogens is 574 g/mol. The van der Waals surface area contributed by atoms with E-state index >= 15 is 0 Å². The maximum atomic E-state index is 14.1. The summed E-state index contributed by atoms with van der Waals surface area (Å²) >= 11 is 1.32. The number of hydrogen-bond acceptors (Lipinski definition) is 8. The summed E-state index contributed by atoms with van der Waals surface area (Å²) in [6.07, 6.45) is 1.93. The van der Waals surface area contributed by atoms with Crippen LogP contribution in [0.15, 0.2) is 66.7 Å². The van der Waals surface area contributed by atoms with Gasteiger partial charge in [0.05, 0.1) is 24.7 Å². The average Bonchev–Trinajstić information content (AvgIpc) is 3.46. The van der Waals surface area contributed by atoms with Crippen LogP contribution in [0.2, 0.25) is 0 Å². The zero-order valence-corrected chi connectivity index (χ0v) is 24.8. The fourth-order valence-corrected chi connectivity index (χ4v) is 8.99. The molecule has 2 aliphatic rings. The molecule has 0 radical (unpaired) electrons. The number of carbonyl (C=O) groups is 2. The van der Waals surface area contributed by atoms with Gasteiger partial charge in [-0.05, 0) is 54.7 Å². The van der Waals surface area contributed by atoms with Gasteiger partial charge in [-0.25, -0.2) is 18.7 Å². The van der Waals surface area contributed by atoms with Gasteiger partial charge in [-0.3, -0.25) is 9.59 Å². The Morgan fingerprint density at radius 1 is 1.07 bits per heavy atom. The quantitative estimate of drug-likeness (QED) is 0.371. The molecule has 0 spiro atoms. The third kappa shape index (κ3) is 6.57. The lowest BCUT2D eigenvalue weighted by Gasteiger charge is -2.31. The molecule has 2 fully saturated rings. The van der Waals surface area contributed by atoms with Gasteiger partial charge in [-0.1, -0.05) is 42.5 Å². The van der Waals surface area contributed by atoms with Gasteiger partial charge in [0.15, 0.2) is 16.1 Å². The summed E-state index contributed by atoms with van der Waals surface area (Å²) in [5.41, 5.74) is 4.70. The molecule has 1 aromatic heterocycles. The van der Waals surface area contributed by atoms with Crippen LogP contribution >= 0.6 is 11.3 Å². The smallest absolute Gasteiger partial charge is 0.253 e. The number of rotatable bonds is 8. The second-order valence-corrected chi connectivity index (χ2v) is 14.0. The molecule has 5 rings (SSSR count). The van der Waals surface area contributed by atoms with Gasteiger partial charge < -0.3 is 9.64 Å². The summed E-state index contributed by atoms with van der Waals surface area (Å²) in [4.78, 5) is 35.0. The van der Waals surface area contributed by atoms with E-state index in [4.69, 9.17) is 14.8 Å². The lowest BCUT2D eigenvalue weighted by atomic mass is 9.97. The molecule has 2 aliphatic heterocycles. The van der Waals surface area contributed by atoms with Gasteiger partial charge in [0.2, 0.25) is 5.91 Å². The number of hydrogen-bond donors (Lipinski definition) is 1. The number of nitrogens with one attached hydrogen (secondary N) is 1. The standard InChI is InChI=1S/C31H33N3O6S2/c32-17-15-23-9-11-24(12-10-23)26-13-14-27(41-26)31(22-28(35)33-40-29-8-4-5-20-39-29)16-18-34(19-21-42(31,37)38)30(36)25-6-2-1-3-7-25/h1-3,6-7,9-14,29H,4-5,8,15-16,18-22H2,(H,33,35). The van der Waals surface area contributed by atoms with E-state index in [9.17, 15) is 18.0 Å². The van der Waals surface area contributed by atoms with Crippen molar-refractivity contribution in [2.45, 2.75) is 49.6 Å². The predicted octanol–water partition coefficient (Wildman–Crippen LogP) is 4.60. The fourth-order valence-electron chi connectivity index (χ4n) is 5.38. The first-order valence-corrected chi connectivity index (χ1v) is 16.5. The van der Waals surface area contributed by atoms with Crippen LogP contribution in [0.4, 0.5) is 0 Å². The number of nitrogens with zero attached hydrogens (tertiary/aromatic N) is 2. The van der Waals surface area contributed by atoms with E-state index in [1.54, 1.807) is 35.2 Å². The summed E-state index contributed by atoms with van der Waals surface area (Å²) in [5.74, 6) is -1.08. The first kappa shape index (κ1) is 29.9. The Balaban J connectivity index is 1.44. The van der Waals surface area contributed by atoms with Crippen molar-refractivity contribution in [3.8, 4) is 16.5 Å². The minimum absolute atomic E-state index is 0.0322. The van der Waals surface area contributed by atoms with Crippen molar-refractivity contribution >= 4 is 33.0 Å². The Labute approximate surface area is 249 Å². The third-order valence-corrected chi connectivity index (χ3v) is 11.7. The highest BCUT2D eigenvalue weighted by Gasteiger charge is 2.50. The van der Waals surface area contributed by atoms with Crippen LogP contribution in [-0.2, 0) is 35.4 Å². The molecule has 2 atom stereocenters. The normalized spacial score (nSPS) is 22.1. The molecule has 42 heavy (non-hydrogen) atoms. The summed E-state index contributed by atoms with van der Waals surface area (Å²) in [6, 6.07) is 22.1. The zero-order chi connectivity index (χ0) is 29.6. The second-order valence-electron chi connectivity index (χ2n) is 10.5. The second kappa shape index (κ2) is 13.2. The summed E-state index contributed by atoms with van der Waals surface area (Å²) < 4.78 is 32.2. The van der Waals surface area contributed by atoms with E-state index in [0.717, 1.165) is 28.8 Å². The molecular formula is C31H33N3O6S2. The van der Waals surface area contributed by atoms with Crippen molar-refractivity contribution in [3.63, 3.8) is 0 Å². The number of carbonyl (C=O) groups excluding carboxylic acids is 2. The lowest BCUT2D eigenvalue weighted by Crippen LogP contribution is -2.43. The molecule has 11 heteroatoms. The average molecular weight is 608 g/mol. The van der Waals surface area contributed by atoms with Crippen molar-refractivity contribution in [1.29, 1.82) is 5.26 Å². The first-order chi connectivity index (χ1) is 20.3. The molecule has 2 aromatic carbocycles. The van der Waals surface area contributed by atoms with E-state index in [1.807, 2.05) is 36.4 Å². The minimum Gasteiger partial charge on any atom is -0.350 e. The number of nitriles is 1. The SMILES string of the molecule is N#CCc1ccc(-c2ccc(C3(CC(=O)NOC4CCCCO4)CCN(C(=O)c4ccccc4)CCS3(=O)=O)s2)cc1. The van der Waals surface area contributed by atoms with Crippen molar-refractivity contribution in [2.75, 3.05) is 25.4 Å². The highest BCUT2D eigenvalue weighted by atomic mass is 32.2.